The number of halogens is 2. The molecule has 0 aliphatic heterocycles. The van der Waals surface area contributed by atoms with E-state index in [1.165, 1.54) is 5.56 Å². The van der Waals surface area contributed by atoms with Crippen LogP contribution in [0.3, 0.4) is 0 Å². The van der Waals surface area contributed by atoms with Crippen LogP contribution in [0.15, 0.2) is 53.0 Å². The van der Waals surface area contributed by atoms with Crippen molar-refractivity contribution in [3.63, 3.8) is 0 Å². The topological polar surface area (TPSA) is 15.3 Å². The molecule has 2 aromatic rings. The van der Waals surface area contributed by atoms with Gasteiger partial charge in [-0.15, -0.1) is 0 Å². The molecule has 0 bridgehead atoms. The lowest BCUT2D eigenvalue weighted by Gasteiger charge is -2.18. The molecular formula is C16H18BrClN2. The van der Waals surface area contributed by atoms with Crippen LogP contribution in [-0.4, -0.2) is 25.0 Å². The maximum absolute atomic E-state index is 6.17. The van der Waals surface area contributed by atoms with E-state index in [1.807, 2.05) is 30.3 Å². The lowest BCUT2D eigenvalue weighted by atomic mass is 10.2. The number of nitrogens with one attached hydrogen (secondary N) is 1. The average Bonchev–Trinajstić information content (AvgIpc) is 2.44. The van der Waals surface area contributed by atoms with Gasteiger partial charge in [-0.1, -0.05) is 45.7 Å². The van der Waals surface area contributed by atoms with Gasteiger partial charge in [0.25, 0.3) is 0 Å². The Morgan fingerprint density at radius 1 is 1.10 bits per heavy atom. The van der Waals surface area contributed by atoms with Gasteiger partial charge >= 0.3 is 0 Å². The Labute approximate surface area is 133 Å². The monoisotopic (exact) mass is 352 g/mol. The van der Waals surface area contributed by atoms with E-state index in [-0.39, 0.29) is 0 Å². The molecule has 106 valence electrons. The first kappa shape index (κ1) is 15.4. The molecule has 20 heavy (non-hydrogen) atoms. The first-order valence-electron chi connectivity index (χ1n) is 6.56. The Kier molecular flexibility index (Phi) is 5.89. The van der Waals surface area contributed by atoms with Gasteiger partial charge in [-0.25, -0.2) is 0 Å². The number of anilines is 1. The molecule has 0 amide bonds. The molecule has 0 aliphatic carbocycles. The maximum Gasteiger partial charge on any atom is 0.0451 e. The third-order valence-electron chi connectivity index (χ3n) is 3.06. The first-order chi connectivity index (χ1) is 9.65. The summed E-state index contributed by atoms with van der Waals surface area (Å²) < 4.78 is 1.10. The van der Waals surface area contributed by atoms with Crippen LogP contribution in [0.1, 0.15) is 5.56 Å². The third-order valence-corrected chi connectivity index (χ3v) is 3.96. The fourth-order valence-corrected chi connectivity index (χ4v) is 2.42. The van der Waals surface area contributed by atoms with Gasteiger partial charge in [-0.3, -0.25) is 0 Å². The second-order valence-corrected chi connectivity index (χ2v) is 6.09. The fourth-order valence-electron chi connectivity index (χ4n) is 1.96. The molecule has 0 saturated carbocycles. The summed E-state index contributed by atoms with van der Waals surface area (Å²) >= 11 is 9.60. The number of nitrogens with zero attached hydrogens (tertiary/aromatic N) is 1. The van der Waals surface area contributed by atoms with Crippen molar-refractivity contribution in [2.24, 2.45) is 0 Å². The van der Waals surface area contributed by atoms with Crippen LogP contribution in [0.25, 0.3) is 0 Å². The molecular weight excluding hydrogens is 336 g/mol. The van der Waals surface area contributed by atoms with Crippen LogP contribution >= 0.6 is 27.5 Å². The lowest BCUT2D eigenvalue weighted by Crippen LogP contribution is -2.24. The zero-order chi connectivity index (χ0) is 14.4. The summed E-state index contributed by atoms with van der Waals surface area (Å²) in [5.74, 6) is 0. The summed E-state index contributed by atoms with van der Waals surface area (Å²) in [6, 6.07) is 16.2. The first-order valence-corrected chi connectivity index (χ1v) is 7.73. The molecule has 1 N–H and O–H groups in total. The molecule has 0 spiro atoms. The predicted molar refractivity (Wildman–Crippen MR) is 90.4 cm³/mol. The van der Waals surface area contributed by atoms with Crippen molar-refractivity contribution in [1.82, 2.24) is 4.90 Å². The van der Waals surface area contributed by atoms with Gasteiger partial charge in [0.2, 0.25) is 0 Å². The number of hydrogen-bond acceptors (Lipinski definition) is 2. The van der Waals surface area contributed by atoms with Crippen LogP contribution in [0.2, 0.25) is 5.02 Å². The van der Waals surface area contributed by atoms with Crippen LogP contribution in [0, 0.1) is 0 Å². The van der Waals surface area contributed by atoms with E-state index in [0.29, 0.717) is 0 Å². The summed E-state index contributed by atoms with van der Waals surface area (Å²) in [5.41, 5.74) is 2.31. The standard InChI is InChI=1S/C16H18BrClN2/c1-20(12-13-4-2-3-5-16(13)18)11-10-19-15-8-6-14(17)7-9-15/h2-9,19H,10-12H2,1H3. The molecule has 0 fully saturated rings. The fraction of sp³-hybridized carbons (Fsp3) is 0.250. The number of rotatable bonds is 6. The van der Waals surface area contributed by atoms with Crippen LogP contribution in [0.5, 0.6) is 0 Å². The summed E-state index contributed by atoms with van der Waals surface area (Å²) in [6.07, 6.45) is 0. The Balaban J connectivity index is 1.76. The highest BCUT2D eigenvalue weighted by Gasteiger charge is 2.03. The van der Waals surface area contributed by atoms with Crippen LogP contribution in [0.4, 0.5) is 5.69 Å². The minimum Gasteiger partial charge on any atom is -0.384 e. The maximum atomic E-state index is 6.17. The van der Waals surface area contributed by atoms with Crippen molar-refractivity contribution in [2.45, 2.75) is 6.54 Å². The van der Waals surface area contributed by atoms with E-state index in [1.54, 1.807) is 0 Å². The van der Waals surface area contributed by atoms with E-state index in [2.05, 4.69) is 51.4 Å². The van der Waals surface area contributed by atoms with E-state index in [9.17, 15) is 0 Å². The predicted octanol–water partition coefficient (Wildman–Crippen LogP) is 4.65. The molecule has 2 aromatic carbocycles. The van der Waals surface area contributed by atoms with Gasteiger partial charge in [0.15, 0.2) is 0 Å². The summed E-state index contributed by atoms with van der Waals surface area (Å²) in [7, 11) is 2.10. The van der Waals surface area contributed by atoms with Gasteiger partial charge in [-0.05, 0) is 42.9 Å². The normalized spacial score (nSPS) is 10.8. The number of likely N-dealkylation sites (N-methyl/N-ethyl adjacent to an activating group) is 1. The zero-order valence-electron chi connectivity index (χ0n) is 11.4. The van der Waals surface area contributed by atoms with E-state index in [4.69, 9.17) is 11.6 Å². The minimum absolute atomic E-state index is 0.834. The Morgan fingerprint density at radius 3 is 2.50 bits per heavy atom. The van der Waals surface area contributed by atoms with Crippen molar-refractivity contribution in [1.29, 1.82) is 0 Å². The van der Waals surface area contributed by atoms with Gasteiger partial charge in [-0.2, -0.15) is 0 Å². The lowest BCUT2D eigenvalue weighted by molar-refractivity contribution is 0.340. The molecule has 2 rings (SSSR count). The van der Waals surface area contributed by atoms with Crippen molar-refractivity contribution in [3.8, 4) is 0 Å². The molecule has 0 heterocycles. The number of benzene rings is 2. The second-order valence-electron chi connectivity index (χ2n) is 4.76. The Bertz CT molecular complexity index is 542. The van der Waals surface area contributed by atoms with Gasteiger partial charge < -0.3 is 10.2 Å². The zero-order valence-corrected chi connectivity index (χ0v) is 13.8. The van der Waals surface area contributed by atoms with Gasteiger partial charge in [0.05, 0.1) is 0 Å². The summed E-state index contributed by atoms with van der Waals surface area (Å²) in [6.45, 7) is 2.73. The smallest absolute Gasteiger partial charge is 0.0451 e. The highest BCUT2D eigenvalue weighted by Crippen LogP contribution is 2.16. The molecule has 0 aromatic heterocycles. The molecule has 0 unspecified atom stereocenters. The Morgan fingerprint density at radius 2 is 1.80 bits per heavy atom. The van der Waals surface area contributed by atoms with Crippen molar-refractivity contribution in [2.75, 3.05) is 25.5 Å². The van der Waals surface area contributed by atoms with E-state index >= 15 is 0 Å². The summed E-state index contributed by atoms with van der Waals surface area (Å²) in [4.78, 5) is 2.26. The van der Waals surface area contributed by atoms with Crippen LogP contribution < -0.4 is 5.32 Å². The number of hydrogen-bond donors (Lipinski definition) is 1. The third kappa shape index (κ3) is 4.82. The largest absolute Gasteiger partial charge is 0.384 e. The molecule has 0 atom stereocenters. The van der Waals surface area contributed by atoms with Gasteiger partial charge in [0, 0.05) is 34.8 Å². The van der Waals surface area contributed by atoms with Crippen molar-refractivity contribution >= 4 is 33.2 Å². The Hall–Kier alpha value is -1.03. The highest BCUT2D eigenvalue weighted by molar-refractivity contribution is 9.10. The van der Waals surface area contributed by atoms with Crippen molar-refractivity contribution in [3.05, 3.63) is 63.6 Å². The molecule has 0 radical (unpaired) electrons. The highest BCUT2D eigenvalue weighted by atomic mass is 79.9. The van der Waals surface area contributed by atoms with Crippen LogP contribution in [-0.2, 0) is 6.54 Å². The molecule has 4 heteroatoms. The van der Waals surface area contributed by atoms with E-state index in [0.717, 1.165) is 34.8 Å². The average molecular weight is 354 g/mol. The molecule has 2 nitrogen and oxygen atoms in total. The van der Waals surface area contributed by atoms with Gasteiger partial charge in [0.1, 0.15) is 0 Å². The minimum atomic E-state index is 0.834. The van der Waals surface area contributed by atoms with E-state index < -0.39 is 0 Å². The summed E-state index contributed by atoms with van der Waals surface area (Å²) in [5, 5.41) is 4.24. The van der Waals surface area contributed by atoms with Crippen molar-refractivity contribution < 1.29 is 0 Å². The second kappa shape index (κ2) is 7.67. The molecule has 0 aliphatic rings. The quantitative estimate of drug-likeness (QED) is 0.813. The SMILES string of the molecule is CN(CCNc1ccc(Br)cc1)Cc1ccccc1Cl. The molecule has 0 saturated heterocycles.